The number of rotatable bonds is 5. The molecule has 20 heavy (non-hydrogen) atoms. The van der Waals surface area contributed by atoms with Crippen LogP contribution in [0.15, 0.2) is 30.3 Å². The van der Waals surface area contributed by atoms with Crippen LogP contribution in [0.2, 0.25) is 0 Å². The number of nitrogens with zero attached hydrogens (tertiary/aromatic N) is 1. The zero-order valence-electron chi connectivity index (χ0n) is 12.5. The molecule has 1 aromatic carbocycles. The van der Waals surface area contributed by atoms with E-state index in [0.717, 1.165) is 24.9 Å². The van der Waals surface area contributed by atoms with Crippen molar-refractivity contribution in [3.63, 3.8) is 0 Å². The molecule has 1 atom stereocenters. The zero-order valence-corrected chi connectivity index (χ0v) is 12.5. The van der Waals surface area contributed by atoms with Crippen LogP contribution in [-0.2, 0) is 10.3 Å². The van der Waals surface area contributed by atoms with E-state index in [4.69, 9.17) is 0 Å². The molecule has 0 bridgehead atoms. The van der Waals surface area contributed by atoms with Crippen LogP contribution in [0, 0.1) is 0 Å². The summed E-state index contributed by atoms with van der Waals surface area (Å²) in [6.45, 7) is 5.81. The number of nitrogens with one attached hydrogen (secondary N) is 1. The molecular formula is C16H24N2O2. The molecule has 4 heteroatoms. The van der Waals surface area contributed by atoms with Gasteiger partial charge in [-0.1, -0.05) is 30.3 Å². The summed E-state index contributed by atoms with van der Waals surface area (Å²) < 4.78 is 0. The summed E-state index contributed by atoms with van der Waals surface area (Å²) in [5.74, 6) is -0.825. The van der Waals surface area contributed by atoms with E-state index < -0.39 is 11.5 Å². The molecule has 4 nitrogen and oxygen atoms in total. The minimum absolute atomic E-state index is 0.0618. The minimum atomic E-state index is -1.05. The van der Waals surface area contributed by atoms with E-state index in [9.17, 15) is 9.90 Å². The van der Waals surface area contributed by atoms with Gasteiger partial charge in [0.15, 0.2) is 5.54 Å². The van der Waals surface area contributed by atoms with Crippen molar-refractivity contribution in [1.29, 1.82) is 0 Å². The van der Waals surface area contributed by atoms with Gasteiger partial charge in [0.1, 0.15) is 0 Å². The van der Waals surface area contributed by atoms with Crippen molar-refractivity contribution in [2.45, 2.75) is 37.8 Å². The number of hydrogen-bond donors (Lipinski definition) is 2. The first-order valence-electron chi connectivity index (χ1n) is 7.15. The maximum atomic E-state index is 12.0. The fourth-order valence-electron chi connectivity index (χ4n) is 3.08. The normalized spacial score (nSPS) is 21.6. The first kappa shape index (κ1) is 15.0. The summed E-state index contributed by atoms with van der Waals surface area (Å²) in [6.07, 6.45) is 2.24. The molecule has 2 N–H and O–H groups in total. The Balaban J connectivity index is 2.36. The number of carbonyl (C=O) groups is 1. The number of likely N-dealkylation sites (N-methyl/N-ethyl adjacent to an activating group) is 1. The molecule has 1 aromatic rings. The van der Waals surface area contributed by atoms with Crippen LogP contribution in [0.4, 0.5) is 0 Å². The highest BCUT2D eigenvalue weighted by Crippen LogP contribution is 2.32. The Labute approximate surface area is 120 Å². The van der Waals surface area contributed by atoms with Gasteiger partial charge in [-0.15, -0.1) is 0 Å². The predicted octanol–water partition coefficient (Wildman–Crippen LogP) is 2.06. The molecule has 0 amide bonds. The highest BCUT2D eigenvalue weighted by Gasteiger charge is 2.44. The van der Waals surface area contributed by atoms with Crippen molar-refractivity contribution in [3.8, 4) is 0 Å². The lowest BCUT2D eigenvalue weighted by molar-refractivity contribution is -0.146. The molecule has 1 unspecified atom stereocenters. The van der Waals surface area contributed by atoms with E-state index in [1.54, 1.807) is 7.05 Å². The molecule has 0 aliphatic carbocycles. The maximum Gasteiger partial charge on any atom is 0.329 e. The summed E-state index contributed by atoms with van der Waals surface area (Å²) in [7, 11) is 1.73. The lowest BCUT2D eigenvalue weighted by Crippen LogP contribution is -2.57. The fraction of sp³-hybridized carbons (Fsp3) is 0.562. The van der Waals surface area contributed by atoms with Crippen LogP contribution >= 0.6 is 0 Å². The van der Waals surface area contributed by atoms with Gasteiger partial charge in [-0.05, 0) is 45.8 Å². The van der Waals surface area contributed by atoms with E-state index in [-0.39, 0.29) is 5.54 Å². The summed E-state index contributed by atoms with van der Waals surface area (Å²) in [5, 5.41) is 12.9. The summed E-state index contributed by atoms with van der Waals surface area (Å²) in [4.78, 5) is 14.2. The van der Waals surface area contributed by atoms with Crippen molar-refractivity contribution < 1.29 is 9.90 Å². The topological polar surface area (TPSA) is 52.6 Å². The van der Waals surface area contributed by atoms with Gasteiger partial charge in [0.05, 0.1) is 0 Å². The van der Waals surface area contributed by atoms with Crippen LogP contribution < -0.4 is 5.32 Å². The van der Waals surface area contributed by atoms with Gasteiger partial charge in [0.25, 0.3) is 0 Å². The van der Waals surface area contributed by atoms with Gasteiger partial charge >= 0.3 is 5.97 Å². The molecule has 1 aliphatic heterocycles. The Bertz CT molecular complexity index is 473. The molecule has 1 fully saturated rings. The maximum absolute atomic E-state index is 12.0. The van der Waals surface area contributed by atoms with Crippen molar-refractivity contribution in [2.24, 2.45) is 0 Å². The second-order valence-electron chi connectivity index (χ2n) is 6.16. The van der Waals surface area contributed by atoms with Crippen molar-refractivity contribution in [3.05, 3.63) is 35.9 Å². The van der Waals surface area contributed by atoms with E-state index in [1.165, 1.54) is 0 Å². The van der Waals surface area contributed by atoms with E-state index in [1.807, 2.05) is 30.3 Å². The molecule has 0 spiro atoms. The first-order valence-corrected chi connectivity index (χ1v) is 7.15. The largest absolute Gasteiger partial charge is 0.480 e. The van der Waals surface area contributed by atoms with Gasteiger partial charge in [0, 0.05) is 12.1 Å². The van der Waals surface area contributed by atoms with E-state index in [0.29, 0.717) is 6.54 Å². The predicted molar refractivity (Wildman–Crippen MR) is 79.7 cm³/mol. The van der Waals surface area contributed by atoms with Crippen molar-refractivity contribution >= 4 is 5.97 Å². The summed E-state index contributed by atoms with van der Waals surface area (Å²) in [6, 6.07) is 9.45. The second kappa shape index (κ2) is 5.54. The van der Waals surface area contributed by atoms with Gasteiger partial charge in [-0.3, -0.25) is 4.90 Å². The average Bonchev–Trinajstić information content (AvgIpc) is 2.75. The quantitative estimate of drug-likeness (QED) is 0.864. The molecule has 1 aliphatic rings. The van der Waals surface area contributed by atoms with Gasteiger partial charge in [-0.25, -0.2) is 4.79 Å². The molecular weight excluding hydrogens is 252 g/mol. The summed E-state index contributed by atoms with van der Waals surface area (Å²) >= 11 is 0. The zero-order chi connectivity index (χ0) is 14.8. The standard InChI is InChI=1S/C16H24N2O2/c1-15(2)10-7-11-18(15)12-16(17-3,14(19)20)13-8-5-4-6-9-13/h4-6,8-9,17H,7,10-12H2,1-3H3,(H,19,20). The monoisotopic (exact) mass is 276 g/mol. The van der Waals surface area contributed by atoms with Gasteiger partial charge < -0.3 is 10.4 Å². The highest BCUT2D eigenvalue weighted by atomic mass is 16.4. The molecule has 2 rings (SSSR count). The van der Waals surface area contributed by atoms with Crippen LogP contribution in [0.3, 0.4) is 0 Å². The lowest BCUT2D eigenvalue weighted by atomic mass is 9.88. The lowest BCUT2D eigenvalue weighted by Gasteiger charge is -2.39. The smallest absolute Gasteiger partial charge is 0.329 e. The molecule has 0 radical (unpaired) electrons. The van der Waals surface area contributed by atoms with E-state index >= 15 is 0 Å². The molecule has 110 valence electrons. The van der Waals surface area contributed by atoms with Crippen LogP contribution in [0.25, 0.3) is 0 Å². The Morgan fingerprint density at radius 2 is 2.05 bits per heavy atom. The van der Waals surface area contributed by atoms with Crippen molar-refractivity contribution in [1.82, 2.24) is 10.2 Å². The van der Waals surface area contributed by atoms with Crippen LogP contribution in [0.5, 0.6) is 0 Å². The Morgan fingerprint density at radius 1 is 1.40 bits per heavy atom. The molecule has 1 heterocycles. The molecule has 0 aromatic heterocycles. The fourth-order valence-corrected chi connectivity index (χ4v) is 3.08. The van der Waals surface area contributed by atoms with Crippen LogP contribution in [0.1, 0.15) is 32.3 Å². The third-order valence-electron chi connectivity index (χ3n) is 4.56. The van der Waals surface area contributed by atoms with E-state index in [2.05, 4.69) is 24.1 Å². The number of aliphatic carboxylic acids is 1. The molecule has 1 saturated heterocycles. The number of hydrogen-bond acceptors (Lipinski definition) is 3. The number of carboxylic acid groups (broad SMARTS) is 1. The van der Waals surface area contributed by atoms with Crippen molar-refractivity contribution in [2.75, 3.05) is 20.1 Å². The Kier molecular flexibility index (Phi) is 4.16. The third kappa shape index (κ3) is 2.58. The third-order valence-corrected chi connectivity index (χ3v) is 4.56. The Morgan fingerprint density at radius 3 is 2.50 bits per heavy atom. The van der Waals surface area contributed by atoms with Gasteiger partial charge in [0.2, 0.25) is 0 Å². The van der Waals surface area contributed by atoms with Gasteiger partial charge in [-0.2, -0.15) is 0 Å². The number of benzene rings is 1. The number of likely N-dealkylation sites (tertiary alicyclic amines) is 1. The van der Waals surface area contributed by atoms with Crippen LogP contribution in [-0.4, -0.2) is 41.7 Å². The number of carboxylic acids is 1. The minimum Gasteiger partial charge on any atom is -0.480 e. The average molecular weight is 276 g/mol. The highest BCUT2D eigenvalue weighted by molar-refractivity contribution is 5.81. The Hall–Kier alpha value is -1.39. The SMILES string of the molecule is CNC(CN1CCCC1(C)C)(C(=O)O)c1ccccc1. The first-order chi connectivity index (χ1) is 9.42. The second-order valence-corrected chi connectivity index (χ2v) is 6.16. The molecule has 0 saturated carbocycles. The summed E-state index contributed by atoms with van der Waals surface area (Å²) in [5.41, 5.74) is -0.187.